The monoisotopic (exact) mass is 374 g/mol. The van der Waals surface area contributed by atoms with Gasteiger partial charge >= 0.3 is 5.63 Å². The molecule has 0 fully saturated rings. The maximum atomic E-state index is 12.6. The van der Waals surface area contributed by atoms with Gasteiger partial charge in [-0.25, -0.2) is 4.79 Å². The van der Waals surface area contributed by atoms with Crippen LogP contribution in [0.1, 0.15) is 21.6 Å². The van der Waals surface area contributed by atoms with Gasteiger partial charge in [-0.1, -0.05) is 11.6 Å². The van der Waals surface area contributed by atoms with Crippen molar-refractivity contribution in [3.05, 3.63) is 62.7 Å². The van der Waals surface area contributed by atoms with E-state index in [0.29, 0.717) is 33.1 Å². The van der Waals surface area contributed by atoms with E-state index >= 15 is 0 Å². The molecule has 0 aliphatic heterocycles. The number of anilines is 1. The quantitative estimate of drug-likeness (QED) is 0.728. The Labute approximate surface area is 153 Å². The number of fused-ring (bicyclic) bond motifs is 1. The predicted molar refractivity (Wildman–Crippen MR) is 96.9 cm³/mol. The number of methoxy groups -OCH3 is 1. The highest BCUT2D eigenvalue weighted by molar-refractivity contribution is 6.31. The number of hydrogen-bond donors (Lipinski definition) is 2. The Morgan fingerprint density at radius 2 is 2.15 bits per heavy atom. The standard InChI is InChI=1S/C18H15ClN2O5/c1-9-16-12(10(8-22)7-20-9)6-13(18(24)26-16)17(23)21-14-5-11(19)3-4-15(14)25-2/h3-7,22H,8H2,1-2H3,(H,21,23). The number of hydrogen-bond acceptors (Lipinski definition) is 6. The minimum Gasteiger partial charge on any atom is -0.495 e. The van der Waals surface area contributed by atoms with Crippen molar-refractivity contribution < 1.29 is 19.1 Å². The van der Waals surface area contributed by atoms with E-state index in [1.165, 1.54) is 25.4 Å². The summed E-state index contributed by atoms with van der Waals surface area (Å²) in [5, 5.41) is 12.9. The average molecular weight is 375 g/mol. The fraction of sp³-hybridized carbons (Fsp3) is 0.167. The highest BCUT2D eigenvalue weighted by Gasteiger charge is 2.18. The number of halogens is 1. The van der Waals surface area contributed by atoms with Crippen LogP contribution in [-0.4, -0.2) is 23.1 Å². The predicted octanol–water partition coefficient (Wildman–Crippen LogP) is 2.90. The van der Waals surface area contributed by atoms with Gasteiger partial charge in [-0.3, -0.25) is 9.78 Å². The number of aliphatic hydroxyl groups excluding tert-OH is 1. The molecule has 2 N–H and O–H groups in total. The molecule has 8 heteroatoms. The van der Waals surface area contributed by atoms with Gasteiger partial charge in [0.05, 0.1) is 25.1 Å². The van der Waals surface area contributed by atoms with Gasteiger partial charge in [0.1, 0.15) is 11.3 Å². The topological polar surface area (TPSA) is 102 Å². The zero-order valence-electron chi connectivity index (χ0n) is 14.0. The van der Waals surface area contributed by atoms with Crippen molar-refractivity contribution in [1.82, 2.24) is 4.98 Å². The van der Waals surface area contributed by atoms with Crippen LogP contribution in [-0.2, 0) is 6.61 Å². The first-order valence-corrected chi connectivity index (χ1v) is 8.00. The maximum absolute atomic E-state index is 12.6. The summed E-state index contributed by atoms with van der Waals surface area (Å²) in [6.07, 6.45) is 1.47. The van der Waals surface area contributed by atoms with Gasteiger partial charge in [0, 0.05) is 22.2 Å². The number of nitrogens with one attached hydrogen (secondary N) is 1. The first-order valence-electron chi connectivity index (χ1n) is 7.62. The molecule has 0 aliphatic rings. The third-order valence-corrected chi connectivity index (χ3v) is 4.10. The van der Waals surface area contributed by atoms with Gasteiger partial charge in [-0.15, -0.1) is 0 Å². The maximum Gasteiger partial charge on any atom is 0.349 e. The van der Waals surface area contributed by atoms with E-state index in [2.05, 4.69) is 10.3 Å². The largest absolute Gasteiger partial charge is 0.495 e. The fourth-order valence-electron chi connectivity index (χ4n) is 2.53. The molecule has 0 spiro atoms. The third-order valence-electron chi connectivity index (χ3n) is 3.86. The molecular weight excluding hydrogens is 360 g/mol. The van der Waals surface area contributed by atoms with Crippen LogP contribution < -0.4 is 15.7 Å². The van der Waals surface area contributed by atoms with E-state index in [4.69, 9.17) is 20.8 Å². The van der Waals surface area contributed by atoms with Gasteiger partial charge < -0.3 is 19.6 Å². The summed E-state index contributed by atoms with van der Waals surface area (Å²) in [6, 6.07) is 6.10. The highest BCUT2D eigenvalue weighted by atomic mass is 35.5. The molecule has 134 valence electrons. The number of aliphatic hydroxyl groups is 1. The second-order valence-corrected chi connectivity index (χ2v) is 5.95. The number of carbonyl (C=O) groups is 1. The van der Waals surface area contributed by atoms with E-state index in [-0.39, 0.29) is 17.8 Å². The molecule has 3 rings (SSSR count). The number of pyridine rings is 1. The van der Waals surface area contributed by atoms with Crippen LogP contribution in [0.15, 0.2) is 39.7 Å². The molecule has 0 saturated heterocycles. The lowest BCUT2D eigenvalue weighted by Crippen LogP contribution is -2.21. The number of benzene rings is 1. The number of aromatic nitrogens is 1. The SMILES string of the molecule is COc1ccc(Cl)cc1NC(=O)c1cc2c(CO)cnc(C)c2oc1=O. The van der Waals surface area contributed by atoms with Crippen LogP contribution in [0.2, 0.25) is 5.02 Å². The van der Waals surface area contributed by atoms with Crippen molar-refractivity contribution in [2.75, 3.05) is 12.4 Å². The van der Waals surface area contributed by atoms with Crippen molar-refractivity contribution >= 4 is 34.2 Å². The molecule has 1 aromatic carbocycles. The van der Waals surface area contributed by atoms with E-state index in [1.54, 1.807) is 19.1 Å². The molecule has 2 heterocycles. The molecule has 0 radical (unpaired) electrons. The fourth-order valence-corrected chi connectivity index (χ4v) is 2.71. The summed E-state index contributed by atoms with van der Waals surface area (Å²) < 4.78 is 10.4. The smallest absolute Gasteiger partial charge is 0.349 e. The molecule has 0 unspecified atom stereocenters. The molecular formula is C18H15ClN2O5. The van der Waals surface area contributed by atoms with Crippen LogP contribution >= 0.6 is 11.6 Å². The van der Waals surface area contributed by atoms with Gasteiger partial charge in [-0.2, -0.15) is 0 Å². The summed E-state index contributed by atoms with van der Waals surface area (Å²) >= 11 is 5.95. The van der Waals surface area contributed by atoms with E-state index in [1.807, 2.05) is 0 Å². The van der Waals surface area contributed by atoms with Crippen molar-refractivity contribution in [3.63, 3.8) is 0 Å². The molecule has 0 saturated carbocycles. The second-order valence-electron chi connectivity index (χ2n) is 5.52. The normalized spacial score (nSPS) is 10.8. The average Bonchev–Trinajstić information content (AvgIpc) is 2.62. The summed E-state index contributed by atoms with van der Waals surface area (Å²) in [4.78, 5) is 28.9. The Kier molecular flexibility index (Phi) is 4.92. The van der Waals surface area contributed by atoms with Gasteiger partial charge in [-0.05, 0) is 31.2 Å². The number of nitrogens with zero attached hydrogens (tertiary/aromatic N) is 1. The summed E-state index contributed by atoms with van der Waals surface area (Å²) in [5.41, 5.74) is 0.466. The molecule has 0 bridgehead atoms. The molecule has 26 heavy (non-hydrogen) atoms. The van der Waals surface area contributed by atoms with Gasteiger partial charge in [0.2, 0.25) is 0 Å². The minimum atomic E-state index is -0.809. The van der Waals surface area contributed by atoms with Crippen LogP contribution in [0.25, 0.3) is 11.0 Å². The third kappa shape index (κ3) is 3.26. The molecule has 7 nitrogen and oxygen atoms in total. The molecule has 0 aliphatic carbocycles. The summed E-state index contributed by atoms with van der Waals surface area (Å²) in [7, 11) is 1.45. The first kappa shape index (κ1) is 17.9. The highest BCUT2D eigenvalue weighted by Crippen LogP contribution is 2.28. The lowest BCUT2D eigenvalue weighted by atomic mass is 10.1. The van der Waals surface area contributed by atoms with E-state index in [0.717, 1.165) is 0 Å². The van der Waals surface area contributed by atoms with E-state index in [9.17, 15) is 14.7 Å². The Morgan fingerprint density at radius 3 is 2.85 bits per heavy atom. The second kappa shape index (κ2) is 7.15. The van der Waals surface area contributed by atoms with Crippen molar-refractivity contribution in [2.45, 2.75) is 13.5 Å². The Bertz CT molecular complexity index is 1060. The lowest BCUT2D eigenvalue weighted by molar-refractivity contribution is 0.102. The summed E-state index contributed by atoms with van der Waals surface area (Å²) in [6.45, 7) is 1.36. The Morgan fingerprint density at radius 1 is 1.38 bits per heavy atom. The van der Waals surface area contributed by atoms with Crippen LogP contribution in [0, 0.1) is 6.92 Å². The van der Waals surface area contributed by atoms with Crippen molar-refractivity contribution in [2.24, 2.45) is 0 Å². The Hall–Kier alpha value is -2.90. The number of carbonyl (C=O) groups excluding carboxylic acids is 1. The number of amides is 1. The van der Waals surface area contributed by atoms with Gasteiger partial charge in [0.25, 0.3) is 5.91 Å². The number of aryl methyl sites for hydroxylation is 1. The molecule has 1 amide bonds. The Balaban J connectivity index is 2.08. The minimum absolute atomic E-state index is 0.208. The van der Waals surface area contributed by atoms with Crippen molar-refractivity contribution in [3.8, 4) is 5.75 Å². The number of rotatable bonds is 4. The van der Waals surface area contributed by atoms with Gasteiger partial charge in [0.15, 0.2) is 5.58 Å². The lowest BCUT2D eigenvalue weighted by Gasteiger charge is -2.11. The van der Waals surface area contributed by atoms with E-state index < -0.39 is 11.5 Å². The van der Waals surface area contributed by atoms with Crippen LogP contribution in [0.3, 0.4) is 0 Å². The van der Waals surface area contributed by atoms with Crippen molar-refractivity contribution in [1.29, 1.82) is 0 Å². The molecule has 3 aromatic rings. The van der Waals surface area contributed by atoms with Crippen LogP contribution in [0.4, 0.5) is 5.69 Å². The zero-order chi connectivity index (χ0) is 18.8. The first-order chi connectivity index (χ1) is 12.4. The zero-order valence-corrected chi connectivity index (χ0v) is 14.8. The summed E-state index contributed by atoms with van der Waals surface area (Å²) in [5.74, 6) is -0.288. The molecule has 0 atom stereocenters. The number of ether oxygens (including phenoxy) is 1. The molecule has 2 aromatic heterocycles. The van der Waals surface area contributed by atoms with Crippen LogP contribution in [0.5, 0.6) is 5.75 Å².